The highest BCUT2D eigenvalue weighted by Gasteiger charge is 2.41. The number of likely N-dealkylation sites (tertiary alicyclic amines) is 1. The average Bonchev–Trinajstić information content (AvgIpc) is 2.67. The molecule has 4 heterocycles. The van der Waals surface area contributed by atoms with Gasteiger partial charge >= 0.3 is 0 Å². The molecule has 0 radical (unpaired) electrons. The number of nitrogens with zero attached hydrogens (tertiary/aromatic N) is 4. The van der Waals surface area contributed by atoms with Crippen LogP contribution in [0.4, 0.5) is 5.82 Å². The molecule has 5 nitrogen and oxygen atoms in total. The third-order valence-electron chi connectivity index (χ3n) is 5.51. The summed E-state index contributed by atoms with van der Waals surface area (Å²) in [6.45, 7) is 3.57. The summed E-state index contributed by atoms with van der Waals surface area (Å²) in [5.41, 5.74) is 1.34. The number of piperidine rings is 2. The number of hydrogen-bond acceptors (Lipinski definition) is 4. The fraction of sp³-hybridized carbons (Fsp3) is 0.450. The highest BCUT2D eigenvalue weighted by Crippen LogP contribution is 2.40. The second kappa shape index (κ2) is 6.82. The van der Waals surface area contributed by atoms with Crippen molar-refractivity contribution in [2.45, 2.75) is 32.2 Å². The first-order valence-corrected chi connectivity index (χ1v) is 9.07. The molecule has 1 atom stereocenters. The van der Waals surface area contributed by atoms with Gasteiger partial charge in [-0.05, 0) is 49.1 Å². The van der Waals surface area contributed by atoms with E-state index in [1.165, 1.54) is 6.42 Å². The molecule has 4 rings (SSSR count). The molecule has 1 spiro atoms. The molecule has 2 saturated heterocycles. The summed E-state index contributed by atoms with van der Waals surface area (Å²) in [5.74, 6) is 1.33. The summed E-state index contributed by atoms with van der Waals surface area (Å²) in [6.07, 6.45) is 9.44. The molecule has 0 saturated carbocycles. The molecule has 25 heavy (non-hydrogen) atoms. The summed E-state index contributed by atoms with van der Waals surface area (Å²) < 4.78 is 0. The van der Waals surface area contributed by atoms with Gasteiger partial charge in [-0.15, -0.1) is 0 Å². The Balaban J connectivity index is 1.50. The van der Waals surface area contributed by atoms with E-state index >= 15 is 0 Å². The molecule has 2 fully saturated rings. The maximum atomic E-state index is 12.5. The maximum absolute atomic E-state index is 12.5. The Bertz CT molecular complexity index is 721. The van der Waals surface area contributed by atoms with E-state index in [4.69, 9.17) is 0 Å². The topological polar surface area (TPSA) is 49.3 Å². The Morgan fingerprint density at radius 2 is 1.92 bits per heavy atom. The zero-order valence-corrected chi connectivity index (χ0v) is 14.5. The number of rotatable bonds is 3. The summed E-state index contributed by atoms with van der Waals surface area (Å²) in [4.78, 5) is 25.5. The first-order chi connectivity index (χ1) is 12.2. The molecular weight excluding hydrogens is 312 g/mol. The predicted molar refractivity (Wildman–Crippen MR) is 97.0 cm³/mol. The molecule has 5 heteroatoms. The van der Waals surface area contributed by atoms with E-state index in [-0.39, 0.29) is 11.3 Å². The standard InChI is InChI=1S/C20H24N4O/c25-19-5-9-20(16-24(19)14-17-6-11-21-12-7-17)8-3-13-23(15-20)18-4-1-2-10-22-18/h1-2,4,6-7,10-12H,3,5,8-9,13-16H2. The van der Waals surface area contributed by atoms with E-state index in [0.717, 1.165) is 43.9 Å². The molecule has 1 unspecified atom stereocenters. The number of hydrogen-bond donors (Lipinski definition) is 0. The van der Waals surface area contributed by atoms with Crippen LogP contribution in [-0.2, 0) is 11.3 Å². The van der Waals surface area contributed by atoms with Crippen molar-refractivity contribution in [3.63, 3.8) is 0 Å². The number of pyridine rings is 2. The molecular formula is C20H24N4O. The zero-order chi connectivity index (χ0) is 17.1. The van der Waals surface area contributed by atoms with Crippen LogP contribution in [-0.4, -0.2) is 40.4 Å². The van der Waals surface area contributed by atoms with Crippen LogP contribution in [0.2, 0.25) is 0 Å². The van der Waals surface area contributed by atoms with Gasteiger partial charge in [-0.2, -0.15) is 0 Å². The van der Waals surface area contributed by atoms with Crippen LogP contribution in [0, 0.1) is 5.41 Å². The summed E-state index contributed by atoms with van der Waals surface area (Å²) in [5, 5.41) is 0. The minimum atomic E-state index is 0.191. The Labute approximate surface area is 148 Å². The van der Waals surface area contributed by atoms with E-state index in [2.05, 4.69) is 20.9 Å². The summed E-state index contributed by atoms with van der Waals surface area (Å²) in [6, 6.07) is 10.1. The lowest BCUT2D eigenvalue weighted by molar-refractivity contribution is -0.138. The third-order valence-corrected chi connectivity index (χ3v) is 5.51. The molecule has 0 N–H and O–H groups in total. The van der Waals surface area contributed by atoms with Gasteiger partial charge in [0.1, 0.15) is 5.82 Å². The molecule has 2 aliphatic rings. The number of amides is 1. The number of aromatic nitrogens is 2. The lowest BCUT2D eigenvalue weighted by Crippen LogP contribution is -2.54. The van der Waals surface area contributed by atoms with Gasteiger partial charge in [0, 0.05) is 56.6 Å². The van der Waals surface area contributed by atoms with Crippen molar-refractivity contribution < 1.29 is 4.79 Å². The quantitative estimate of drug-likeness (QED) is 0.865. The zero-order valence-electron chi connectivity index (χ0n) is 14.5. The van der Waals surface area contributed by atoms with E-state index in [1.807, 2.05) is 35.4 Å². The van der Waals surface area contributed by atoms with E-state index < -0.39 is 0 Å². The first kappa shape index (κ1) is 16.1. The Morgan fingerprint density at radius 1 is 1.04 bits per heavy atom. The summed E-state index contributed by atoms with van der Waals surface area (Å²) >= 11 is 0. The highest BCUT2D eigenvalue weighted by atomic mass is 16.2. The minimum absolute atomic E-state index is 0.191. The van der Waals surface area contributed by atoms with Crippen molar-refractivity contribution in [1.29, 1.82) is 0 Å². The van der Waals surface area contributed by atoms with Crippen molar-refractivity contribution in [3.05, 3.63) is 54.5 Å². The van der Waals surface area contributed by atoms with Gasteiger partial charge in [0.2, 0.25) is 5.91 Å². The average molecular weight is 336 g/mol. The fourth-order valence-electron chi connectivity index (χ4n) is 4.23. The van der Waals surface area contributed by atoms with Crippen molar-refractivity contribution in [2.24, 2.45) is 5.41 Å². The second-order valence-electron chi connectivity index (χ2n) is 7.32. The van der Waals surface area contributed by atoms with Gasteiger partial charge in [0.05, 0.1) is 0 Å². The number of anilines is 1. The SMILES string of the molecule is O=C1CCC2(CCCN(c3ccccn3)C2)CN1Cc1ccncc1. The molecule has 0 bridgehead atoms. The van der Waals surface area contributed by atoms with Crippen LogP contribution in [0.1, 0.15) is 31.2 Å². The van der Waals surface area contributed by atoms with E-state index in [9.17, 15) is 4.79 Å². The normalized spacial score (nSPS) is 23.9. The molecule has 2 aromatic heterocycles. The Morgan fingerprint density at radius 3 is 2.72 bits per heavy atom. The van der Waals surface area contributed by atoms with Crippen LogP contribution < -0.4 is 4.90 Å². The van der Waals surface area contributed by atoms with Gasteiger partial charge in [-0.1, -0.05) is 6.07 Å². The van der Waals surface area contributed by atoms with Gasteiger partial charge < -0.3 is 9.80 Å². The molecule has 1 amide bonds. The van der Waals surface area contributed by atoms with E-state index in [0.29, 0.717) is 13.0 Å². The summed E-state index contributed by atoms with van der Waals surface area (Å²) in [7, 11) is 0. The smallest absolute Gasteiger partial charge is 0.222 e. The highest BCUT2D eigenvalue weighted by molar-refractivity contribution is 5.77. The number of carbonyl (C=O) groups excluding carboxylic acids is 1. The van der Waals surface area contributed by atoms with Crippen LogP contribution in [0.15, 0.2) is 48.9 Å². The van der Waals surface area contributed by atoms with Gasteiger partial charge in [-0.25, -0.2) is 4.98 Å². The van der Waals surface area contributed by atoms with Crippen LogP contribution in [0.5, 0.6) is 0 Å². The van der Waals surface area contributed by atoms with Crippen LogP contribution in [0.25, 0.3) is 0 Å². The minimum Gasteiger partial charge on any atom is -0.356 e. The fourth-order valence-corrected chi connectivity index (χ4v) is 4.23. The lowest BCUT2D eigenvalue weighted by atomic mass is 9.73. The monoisotopic (exact) mass is 336 g/mol. The van der Waals surface area contributed by atoms with Crippen molar-refractivity contribution in [1.82, 2.24) is 14.9 Å². The van der Waals surface area contributed by atoms with Crippen molar-refractivity contribution in [3.8, 4) is 0 Å². The van der Waals surface area contributed by atoms with Gasteiger partial charge in [-0.3, -0.25) is 9.78 Å². The van der Waals surface area contributed by atoms with Crippen molar-refractivity contribution in [2.75, 3.05) is 24.5 Å². The van der Waals surface area contributed by atoms with E-state index in [1.54, 1.807) is 12.4 Å². The molecule has 2 aromatic rings. The predicted octanol–water partition coefficient (Wildman–Crippen LogP) is 2.89. The molecule has 2 aliphatic heterocycles. The van der Waals surface area contributed by atoms with Crippen molar-refractivity contribution >= 4 is 11.7 Å². The van der Waals surface area contributed by atoms with Crippen LogP contribution >= 0.6 is 0 Å². The Hall–Kier alpha value is -2.43. The molecule has 0 aliphatic carbocycles. The first-order valence-electron chi connectivity index (χ1n) is 9.07. The third kappa shape index (κ3) is 3.50. The Kier molecular flexibility index (Phi) is 4.38. The number of carbonyl (C=O) groups is 1. The second-order valence-corrected chi connectivity index (χ2v) is 7.32. The largest absolute Gasteiger partial charge is 0.356 e. The molecule has 130 valence electrons. The maximum Gasteiger partial charge on any atom is 0.222 e. The molecule has 0 aromatic carbocycles. The lowest BCUT2D eigenvalue weighted by Gasteiger charge is -2.48. The van der Waals surface area contributed by atoms with Gasteiger partial charge in [0.25, 0.3) is 0 Å². The van der Waals surface area contributed by atoms with Crippen LogP contribution in [0.3, 0.4) is 0 Å². The van der Waals surface area contributed by atoms with Gasteiger partial charge in [0.15, 0.2) is 0 Å².